The summed E-state index contributed by atoms with van der Waals surface area (Å²) >= 11 is 0. The third-order valence-corrected chi connectivity index (χ3v) is 3.12. The van der Waals surface area contributed by atoms with Crippen LogP contribution < -0.4 is 11.1 Å². The first kappa shape index (κ1) is 14.9. The van der Waals surface area contributed by atoms with Crippen LogP contribution in [0.3, 0.4) is 0 Å². The Morgan fingerprint density at radius 3 is 2.44 bits per heavy atom. The maximum Gasteiger partial charge on any atom is 0.153 e. The number of ether oxygens (including phenoxy) is 1. The molecular weight excluding hydrogens is 228 g/mol. The maximum atomic E-state index is 5.85. The van der Waals surface area contributed by atoms with Crippen molar-refractivity contribution in [3.8, 4) is 0 Å². The van der Waals surface area contributed by atoms with Gasteiger partial charge < -0.3 is 15.8 Å². The van der Waals surface area contributed by atoms with E-state index >= 15 is 0 Å². The first-order valence-corrected chi connectivity index (χ1v) is 6.51. The highest BCUT2D eigenvalue weighted by molar-refractivity contribution is 5.49. The first-order chi connectivity index (χ1) is 8.67. The van der Waals surface area contributed by atoms with E-state index in [0.717, 1.165) is 29.9 Å². The number of nitrogens with zero attached hydrogens (tertiary/aromatic N) is 2. The normalized spacial score (nSPS) is 12.5. The molecule has 5 heteroatoms. The lowest BCUT2D eigenvalue weighted by Gasteiger charge is -2.17. The second kappa shape index (κ2) is 7.28. The molecule has 1 unspecified atom stereocenters. The van der Waals surface area contributed by atoms with Gasteiger partial charge in [0.05, 0.1) is 11.8 Å². The molecule has 0 aliphatic heterocycles. The number of anilines is 1. The van der Waals surface area contributed by atoms with Crippen molar-refractivity contribution in [3.05, 3.63) is 16.8 Å². The minimum atomic E-state index is 0.133. The predicted octanol–water partition coefficient (Wildman–Crippen LogP) is 1.51. The summed E-state index contributed by atoms with van der Waals surface area (Å²) in [5.41, 5.74) is 9.20. The average Bonchev–Trinajstić information content (AvgIpc) is 2.43. The van der Waals surface area contributed by atoms with Gasteiger partial charge in [0.25, 0.3) is 0 Å². The van der Waals surface area contributed by atoms with E-state index in [4.69, 9.17) is 10.5 Å². The van der Waals surface area contributed by atoms with E-state index in [1.54, 1.807) is 7.11 Å². The molecule has 102 valence electrons. The van der Waals surface area contributed by atoms with Crippen molar-refractivity contribution in [2.75, 3.05) is 19.0 Å². The summed E-state index contributed by atoms with van der Waals surface area (Å²) in [6, 6.07) is 0. The van der Waals surface area contributed by atoms with Crippen LogP contribution in [0.15, 0.2) is 0 Å². The number of hydrogen-bond acceptors (Lipinski definition) is 5. The van der Waals surface area contributed by atoms with Crippen LogP contribution >= 0.6 is 0 Å². The van der Waals surface area contributed by atoms with Crippen LogP contribution in [-0.4, -0.2) is 30.0 Å². The number of aromatic nitrogens is 2. The molecule has 0 spiro atoms. The standard InChI is InChI=1S/C13H24N4O/c1-5-10-11(7-14)13(15-8-9(3)18-4)17-16-12(10)6-2/h9H,5-8,14H2,1-4H3,(H,15,17). The zero-order valence-corrected chi connectivity index (χ0v) is 11.8. The molecule has 0 aliphatic carbocycles. The Hall–Kier alpha value is -1.20. The van der Waals surface area contributed by atoms with Crippen molar-refractivity contribution in [1.29, 1.82) is 0 Å². The van der Waals surface area contributed by atoms with Gasteiger partial charge in [-0.25, -0.2) is 0 Å². The fraction of sp³-hybridized carbons (Fsp3) is 0.692. The topological polar surface area (TPSA) is 73.1 Å². The summed E-state index contributed by atoms with van der Waals surface area (Å²) in [6.45, 7) is 7.40. The van der Waals surface area contributed by atoms with Gasteiger partial charge >= 0.3 is 0 Å². The summed E-state index contributed by atoms with van der Waals surface area (Å²) in [6.07, 6.45) is 1.95. The molecule has 1 atom stereocenters. The van der Waals surface area contributed by atoms with Crippen LogP contribution in [-0.2, 0) is 24.1 Å². The summed E-state index contributed by atoms with van der Waals surface area (Å²) < 4.78 is 5.20. The maximum absolute atomic E-state index is 5.85. The van der Waals surface area contributed by atoms with Crippen molar-refractivity contribution in [2.24, 2.45) is 5.73 Å². The number of methoxy groups -OCH3 is 1. The summed E-state index contributed by atoms with van der Waals surface area (Å²) in [5, 5.41) is 11.8. The minimum absolute atomic E-state index is 0.133. The summed E-state index contributed by atoms with van der Waals surface area (Å²) in [5.74, 6) is 0.787. The van der Waals surface area contributed by atoms with Gasteiger partial charge in [-0.1, -0.05) is 13.8 Å². The van der Waals surface area contributed by atoms with Gasteiger partial charge in [-0.2, -0.15) is 5.10 Å². The molecule has 0 aliphatic rings. The molecule has 0 amide bonds. The molecule has 18 heavy (non-hydrogen) atoms. The Morgan fingerprint density at radius 2 is 1.94 bits per heavy atom. The van der Waals surface area contributed by atoms with Crippen LogP contribution in [0.4, 0.5) is 5.82 Å². The molecule has 0 radical (unpaired) electrons. The van der Waals surface area contributed by atoms with Gasteiger partial charge in [0, 0.05) is 25.8 Å². The number of nitrogens with two attached hydrogens (primary N) is 1. The van der Waals surface area contributed by atoms with Crippen LogP contribution in [0, 0.1) is 0 Å². The van der Waals surface area contributed by atoms with Crippen molar-refractivity contribution in [3.63, 3.8) is 0 Å². The van der Waals surface area contributed by atoms with E-state index in [1.807, 2.05) is 6.92 Å². The molecule has 0 aromatic carbocycles. The molecule has 0 saturated carbocycles. The molecule has 0 fully saturated rings. The lowest BCUT2D eigenvalue weighted by Crippen LogP contribution is -2.21. The first-order valence-electron chi connectivity index (χ1n) is 6.51. The van der Waals surface area contributed by atoms with Crippen molar-refractivity contribution >= 4 is 5.82 Å². The third kappa shape index (κ3) is 3.40. The van der Waals surface area contributed by atoms with E-state index in [2.05, 4.69) is 29.4 Å². The summed E-state index contributed by atoms with van der Waals surface area (Å²) in [7, 11) is 1.69. The second-order valence-electron chi connectivity index (χ2n) is 4.29. The highest BCUT2D eigenvalue weighted by atomic mass is 16.5. The lowest BCUT2D eigenvalue weighted by atomic mass is 10.0. The molecule has 1 aromatic rings. The van der Waals surface area contributed by atoms with Crippen LogP contribution in [0.25, 0.3) is 0 Å². The molecule has 0 bridgehead atoms. The highest BCUT2D eigenvalue weighted by Gasteiger charge is 2.13. The van der Waals surface area contributed by atoms with E-state index < -0.39 is 0 Å². The average molecular weight is 252 g/mol. The molecule has 1 heterocycles. The van der Waals surface area contributed by atoms with Crippen LogP contribution in [0.5, 0.6) is 0 Å². The van der Waals surface area contributed by atoms with Crippen molar-refractivity contribution < 1.29 is 4.74 Å². The van der Waals surface area contributed by atoms with E-state index in [1.165, 1.54) is 5.56 Å². The molecule has 5 nitrogen and oxygen atoms in total. The smallest absolute Gasteiger partial charge is 0.153 e. The minimum Gasteiger partial charge on any atom is -0.380 e. The fourth-order valence-electron chi connectivity index (χ4n) is 1.94. The Bertz CT molecular complexity index is 381. The molecule has 3 N–H and O–H groups in total. The Kier molecular flexibility index (Phi) is 6.01. The molecule has 0 saturated heterocycles. The molecule has 1 aromatic heterocycles. The SMILES string of the molecule is CCc1nnc(NCC(C)OC)c(CN)c1CC. The quantitative estimate of drug-likeness (QED) is 0.769. The van der Waals surface area contributed by atoms with E-state index in [0.29, 0.717) is 13.1 Å². The number of aryl methyl sites for hydroxylation is 1. The van der Waals surface area contributed by atoms with Crippen molar-refractivity contribution in [1.82, 2.24) is 10.2 Å². The van der Waals surface area contributed by atoms with Gasteiger partial charge in [-0.05, 0) is 25.3 Å². The second-order valence-corrected chi connectivity index (χ2v) is 4.29. The van der Waals surface area contributed by atoms with Crippen molar-refractivity contribution in [2.45, 2.75) is 46.3 Å². The highest BCUT2D eigenvalue weighted by Crippen LogP contribution is 2.20. The van der Waals surface area contributed by atoms with Gasteiger partial charge in [0.1, 0.15) is 0 Å². The van der Waals surface area contributed by atoms with Gasteiger partial charge in [-0.15, -0.1) is 5.10 Å². The number of nitrogens with one attached hydrogen (secondary N) is 1. The predicted molar refractivity (Wildman–Crippen MR) is 73.6 cm³/mol. The van der Waals surface area contributed by atoms with Crippen LogP contribution in [0.1, 0.15) is 37.6 Å². The zero-order chi connectivity index (χ0) is 13.5. The Morgan fingerprint density at radius 1 is 1.22 bits per heavy atom. The monoisotopic (exact) mass is 252 g/mol. The molecule has 1 rings (SSSR count). The molecular formula is C13H24N4O. The van der Waals surface area contributed by atoms with Gasteiger partial charge in [0.15, 0.2) is 5.82 Å². The van der Waals surface area contributed by atoms with E-state index in [9.17, 15) is 0 Å². The lowest BCUT2D eigenvalue weighted by molar-refractivity contribution is 0.128. The van der Waals surface area contributed by atoms with Gasteiger partial charge in [-0.3, -0.25) is 0 Å². The largest absolute Gasteiger partial charge is 0.380 e. The zero-order valence-electron chi connectivity index (χ0n) is 11.8. The Labute approximate surface area is 109 Å². The summed E-state index contributed by atoms with van der Waals surface area (Å²) in [4.78, 5) is 0. The Balaban J connectivity index is 2.97. The van der Waals surface area contributed by atoms with E-state index in [-0.39, 0.29) is 6.10 Å². The third-order valence-electron chi connectivity index (χ3n) is 3.12. The van der Waals surface area contributed by atoms with Crippen LogP contribution in [0.2, 0.25) is 0 Å². The fourth-order valence-corrected chi connectivity index (χ4v) is 1.94. The van der Waals surface area contributed by atoms with Gasteiger partial charge in [0.2, 0.25) is 0 Å². The number of hydrogen-bond donors (Lipinski definition) is 2. The number of rotatable bonds is 7.